The van der Waals surface area contributed by atoms with Gasteiger partial charge in [0, 0.05) is 0 Å². The number of rotatable bonds is 0. The van der Waals surface area contributed by atoms with Gasteiger partial charge in [0.2, 0.25) is 0 Å². The molecule has 24 valence electrons. The van der Waals surface area contributed by atoms with E-state index in [-0.39, 0.29) is 0 Å². The van der Waals surface area contributed by atoms with Gasteiger partial charge in [-0.15, -0.1) is 12.1 Å². The van der Waals surface area contributed by atoms with E-state index >= 15 is 0 Å². The minimum absolute atomic E-state index is 1.32. The molecule has 5 heavy (non-hydrogen) atoms. The molecule has 1 heterocycles. The highest BCUT2D eigenvalue weighted by Crippen LogP contribution is 1.87. The van der Waals surface area contributed by atoms with Crippen LogP contribution >= 0.6 is 0 Å². The van der Waals surface area contributed by atoms with Crippen LogP contribution in [-0.2, 0) is 0 Å². The number of allylic oxidation sites excluding steroid dienone is 1. The van der Waals surface area contributed by atoms with Crippen LogP contribution in [0.4, 0.5) is 0 Å². The topological polar surface area (TPSA) is 0 Å². The summed E-state index contributed by atoms with van der Waals surface area (Å²) in [7, 11) is 2.71. The molecule has 0 atom stereocenters. The Morgan fingerprint density at radius 1 is 1.60 bits per heavy atom. The van der Waals surface area contributed by atoms with Crippen molar-refractivity contribution in [3.05, 3.63) is 12.1 Å². The predicted molar refractivity (Wildman–Crippen MR) is 28.2 cm³/mol. The maximum Gasteiger partial charge on any atom is 0.113 e. The van der Waals surface area contributed by atoms with E-state index in [9.17, 15) is 0 Å². The monoisotopic (exact) mass is 64.1 g/mol. The highest BCUT2D eigenvalue weighted by molar-refractivity contribution is 7.04. The lowest BCUT2D eigenvalue weighted by molar-refractivity contribution is 1.76. The van der Waals surface area contributed by atoms with Crippen molar-refractivity contribution in [3.8, 4) is 0 Å². The van der Waals surface area contributed by atoms with Crippen LogP contribution in [0.1, 0.15) is 0 Å². The summed E-state index contributed by atoms with van der Waals surface area (Å²) in [6.07, 6.45) is 3.56. The first-order valence-corrected chi connectivity index (χ1v) is 2.15. The Kier molecular flexibility index (Phi) is 0.827. The highest BCUT2D eigenvalue weighted by atomic mass is 13.6. The standard InChI is InChI=1S/C3H6B2/c1-2-4-5-3-1/h1-2,4-5H,3H2. The molecular formula is C3H6B2. The fraction of sp³-hybridized carbons (Fsp3) is 0.333. The highest BCUT2D eigenvalue weighted by Gasteiger charge is 1.90. The molecular weight excluding hydrogens is 57.7 g/mol. The van der Waals surface area contributed by atoms with Gasteiger partial charge in [0.1, 0.15) is 7.17 Å². The molecule has 1 rings (SSSR count). The van der Waals surface area contributed by atoms with Gasteiger partial charge in [-0.3, -0.25) is 0 Å². The Morgan fingerprint density at radius 2 is 2.60 bits per heavy atom. The molecule has 0 aromatic rings. The lowest BCUT2D eigenvalue weighted by atomic mass is 9.42. The van der Waals surface area contributed by atoms with Gasteiger partial charge in [0.05, 0.1) is 7.17 Å². The van der Waals surface area contributed by atoms with Gasteiger partial charge in [-0.25, -0.2) is 0 Å². The van der Waals surface area contributed by atoms with Crippen molar-refractivity contribution in [2.45, 2.75) is 6.32 Å². The first kappa shape index (κ1) is 3.08. The van der Waals surface area contributed by atoms with Gasteiger partial charge in [-0.05, 0) is 0 Å². The molecule has 0 amide bonds. The third kappa shape index (κ3) is 0.571. The Bertz CT molecular complexity index is 42.9. The first-order chi connectivity index (χ1) is 2.50. The molecule has 0 saturated heterocycles. The predicted octanol–water partition coefficient (Wildman–Crippen LogP) is -0.280. The average Bonchev–Trinajstić information content (AvgIpc) is 1.76. The van der Waals surface area contributed by atoms with E-state index in [4.69, 9.17) is 0 Å². The molecule has 0 nitrogen and oxygen atoms in total. The van der Waals surface area contributed by atoms with Crippen LogP contribution in [0.3, 0.4) is 0 Å². The Labute approximate surface area is 33.7 Å². The molecule has 0 spiro atoms. The van der Waals surface area contributed by atoms with E-state index in [0.717, 1.165) is 0 Å². The third-order valence-corrected chi connectivity index (χ3v) is 0.908. The van der Waals surface area contributed by atoms with Crippen LogP contribution in [0, 0.1) is 0 Å². The van der Waals surface area contributed by atoms with Gasteiger partial charge in [-0.1, -0.05) is 6.32 Å². The van der Waals surface area contributed by atoms with Gasteiger partial charge >= 0.3 is 0 Å². The van der Waals surface area contributed by atoms with Gasteiger partial charge in [-0.2, -0.15) is 0 Å². The van der Waals surface area contributed by atoms with Crippen LogP contribution in [0.25, 0.3) is 0 Å². The van der Waals surface area contributed by atoms with Crippen molar-refractivity contribution in [3.63, 3.8) is 0 Å². The van der Waals surface area contributed by atoms with Crippen LogP contribution in [-0.4, -0.2) is 14.3 Å². The molecule has 1 aliphatic heterocycles. The second-order valence-corrected chi connectivity index (χ2v) is 1.40. The fourth-order valence-electron chi connectivity index (χ4n) is 0.589. The summed E-state index contributed by atoms with van der Waals surface area (Å²) in [5, 5.41) is 0. The van der Waals surface area contributed by atoms with Crippen LogP contribution in [0.5, 0.6) is 0 Å². The van der Waals surface area contributed by atoms with Crippen LogP contribution in [0.2, 0.25) is 6.32 Å². The zero-order chi connectivity index (χ0) is 3.54. The summed E-state index contributed by atoms with van der Waals surface area (Å²) >= 11 is 0. The van der Waals surface area contributed by atoms with E-state index in [0.29, 0.717) is 0 Å². The van der Waals surface area contributed by atoms with E-state index in [1.807, 2.05) is 0 Å². The molecule has 0 unspecified atom stereocenters. The van der Waals surface area contributed by atoms with Crippen molar-refractivity contribution in [2.75, 3.05) is 0 Å². The van der Waals surface area contributed by atoms with Crippen LogP contribution in [0.15, 0.2) is 12.1 Å². The lowest BCUT2D eigenvalue weighted by Gasteiger charge is -1.62. The SMILES string of the molecule is B1BCC=C1. The summed E-state index contributed by atoms with van der Waals surface area (Å²) < 4.78 is 0. The summed E-state index contributed by atoms with van der Waals surface area (Å²) in [6.45, 7) is 0. The Balaban J connectivity index is 2.32. The molecule has 0 radical (unpaired) electrons. The summed E-state index contributed by atoms with van der Waals surface area (Å²) in [6, 6.07) is 0. The molecule has 0 aromatic carbocycles. The van der Waals surface area contributed by atoms with E-state index < -0.39 is 0 Å². The molecule has 0 aromatic heterocycles. The van der Waals surface area contributed by atoms with Crippen molar-refractivity contribution in [2.24, 2.45) is 0 Å². The first-order valence-electron chi connectivity index (χ1n) is 2.15. The summed E-state index contributed by atoms with van der Waals surface area (Å²) in [5.74, 6) is 2.24. The van der Waals surface area contributed by atoms with E-state index in [1.54, 1.807) is 0 Å². The van der Waals surface area contributed by atoms with Crippen molar-refractivity contribution in [1.82, 2.24) is 0 Å². The van der Waals surface area contributed by atoms with Crippen molar-refractivity contribution >= 4 is 14.3 Å². The molecule has 0 saturated carbocycles. The maximum absolute atomic E-state index is 2.24. The van der Waals surface area contributed by atoms with Crippen LogP contribution < -0.4 is 0 Å². The minimum Gasteiger partial charge on any atom is -0.132 e. The summed E-state index contributed by atoms with van der Waals surface area (Å²) in [5.41, 5.74) is 0. The number of hydrogen-bond acceptors (Lipinski definition) is 0. The lowest BCUT2D eigenvalue weighted by Crippen LogP contribution is -1.87. The smallest absolute Gasteiger partial charge is 0.113 e. The van der Waals surface area contributed by atoms with Gasteiger partial charge in [0.15, 0.2) is 0 Å². The normalized spacial score (nSPS) is 17.6. The third-order valence-electron chi connectivity index (χ3n) is 0.908. The Hall–Kier alpha value is -0.130. The molecule has 2 heteroatoms. The zero-order valence-corrected chi connectivity index (χ0v) is 3.28. The fourth-order valence-corrected chi connectivity index (χ4v) is 0.589. The van der Waals surface area contributed by atoms with Gasteiger partial charge < -0.3 is 0 Å². The molecule has 0 aliphatic carbocycles. The zero-order valence-electron chi connectivity index (χ0n) is 3.28. The van der Waals surface area contributed by atoms with E-state index in [1.165, 1.54) is 20.7 Å². The molecule has 0 fully saturated rings. The summed E-state index contributed by atoms with van der Waals surface area (Å²) in [4.78, 5) is 0. The van der Waals surface area contributed by atoms with E-state index in [2.05, 4.69) is 12.1 Å². The second kappa shape index (κ2) is 1.34. The number of hydrogen-bond donors (Lipinski definition) is 0. The quantitative estimate of drug-likeness (QED) is 0.340. The van der Waals surface area contributed by atoms with Crippen molar-refractivity contribution in [1.29, 1.82) is 0 Å². The molecule has 1 aliphatic rings. The second-order valence-electron chi connectivity index (χ2n) is 1.40. The largest absolute Gasteiger partial charge is 0.132 e. The van der Waals surface area contributed by atoms with Gasteiger partial charge in [0.25, 0.3) is 0 Å². The Morgan fingerprint density at radius 3 is 2.80 bits per heavy atom. The molecule has 0 N–H and O–H groups in total. The minimum atomic E-state index is 1.32. The average molecular weight is 63.7 g/mol. The molecule has 0 bridgehead atoms. The van der Waals surface area contributed by atoms with Crippen molar-refractivity contribution < 1.29 is 0 Å². The maximum atomic E-state index is 2.24.